The van der Waals surface area contributed by atoms with E-state index in [-0.39, 0.29) is 4.64 Å². The maximum absolute atomic E-state index is 11.3. The summed E-state index contributed by atoms with van der Waals surface area (Å²) in [6.45, 7) is 1.82. The maximum atomic E-state index is 11.3. The number of rotatable bonds is 3. The largest absolute Gasteiger partial charge is 0.343 e. The van der Waals surface area contributed by atoms with Gasteiger partial charge in [-0.3, -0.25) is 0 Å². The number of H-pyrrole nitrogens is 1. The van der Waals surface area contributed by atoms with Crippen molar-refractivity contribution in [1.29, 1.82) is 5.26 Å². The number of nitrogens with two attached hydrogens (primary N) is 1. The van der Waals surface area contributed by atoms with Crippen molar-refractivity contribution in [2.75, 3.05) is 0 Å². The zero-order valence-corrected chi connectivity index (χ0v) is 11.7. The van der Waals surface area contributed by atoms with Gasteiger partial charge in [-0.15, -0.1) is 0 Å². The lowest BCUT2D eigenvalue weighted by atomic mass is 10.2. The molecule has 0 saturated carbocycles. The minimum atomic E-state index is -3.75. The molecule has 2 rings (SSSR count). The van der Waals surface area contributed by atoms with Crippen LogP contribution in [0.3, 0.4) is 0 Å². The predicted octanol–water partition coefficient (Wildman–Crippen LogP) is 0.774. The number of nitrogens with zero attached hydrogens (tertiary/aromatic N) is 3. The summed E-state index contributed by atoms with van der Waals surface area (Å²) < 4.78 is 24.3. The number of primary sulfonamides is 1. The number of nitriles is 1. The Hall–Kier alpha value is -1.76. The molecule has 0 aliphatic rings. The van der Waals surface area contributed by atoms with Gasteiger partial charge in [-0.25, -0.2) is 18.5 Å². The molecular formula is C10H11N5O2S2. The standard InChI is InChI=1S/C10H11N5O2S2/c1-2-7-6(3-11)8-9(10(18)14-4-13-8)15(7)5-19(12,16)17/h4H,2,5H2,1H3,(H2,12,16,17)(H,13,14,18). The molecule has 0 fully saturated rings. The fourth-order valence-corrected chi connectivity index (χ4v) is 2.97. The predicted molar refractivity (Wildman–Crippen MR) is 72.1 cm³/mol. The molecule has 0 unspecified atom stereocenters. The minimum absolute atomic E-state index is 0.230. The number of hydrogen-bond donors (Lipinski definition) is 2. The number of nitrogens with one attached hydrogen (secondary N) is 1. The van der Waals surface area contributed by atoms with Crippen molar-refractivity contribution < 1.29 is 8.42 Å². The second-order valence-corrected chi connectivity index (χ2v) is 5.91. The molecule has 0 spiro atoms. The van der Waals surface area contributed by atoms with Gasteiger partial charge in [0.15, 0.2) is 4.64 Å². The van der Waals surface area contributed by atoms with E-state index in [1.807, 2.05) is 6.92 Å². The third-order valence-electron chi connectivity index (χ3n) is 2.72. The van der Waals surface area contributed by atoms with Crippen LogP contribution < -0.4 is 5.14 Å². The molecule has 3 N–H and O–H groups in total. The number of aromatic nitrogens is 3. The molecule has 0 aliphatic carbocycles. The molecule has 0 bridgehead atoms. The van der Waals surface area contributed by atoms with Crippen LogP contribution in [-0.2, 0) is 22.3 Å². The SMILES string of the molecule is CCc1c(C#N)c2[nH]cnc(=S)c2n1CS(N)(=O)=O. The molecule has 0 aromatic carbocycles. The van der Waals surface area contributed by atoms with E-state index in [0.29, 0.717) is 28.7 Å². The minimum Gasteiger partial charge on any atom is -0.343 e. The van der Waals surface area contributed by atoms with Gasteiger partial charge in [0.05, 0.1) is 17.4 Å². The van der Waals surface area contributed by atoms with Crippen molar-refractivity contribution in [3.63, 3.8) is 0 Å². The van der Waals surface area contributed by atoms with E-state index < -0.39 is 15.9 Å². The van der Waals surface area contributed by atoms with E-state index in [1.54, 1.807) is 0 Å². The Morgan fingerprint density at radius 2 is 2.32 bits per heavy atom. The molecule has 0 saturated heterocycles. The average molecular weight is 297 g/mol. The molecular weight excluding hydrogens is 286 g/mol. The van der Waals surface area contributed by atoms with Gasteiger partial charge in [-0.2, -0.15) is 5.26 Å². The van der Waals surface area contributed by atoms with Gasteiger partial charge in [0.25, 0.3) is 0 Å². The highest BCUT2D eigenvalue weighted by Gasteiger charge is 2.20. The second kappa shape index (κ2) is 4.73. The van der Waals surface area contributed by atoms with Gasteiger partial charge in [-0.1, -0.05) is 19.1 Å². The zero-order valence-electron chi connectivity index (χ0n) is 10.0. The monoisotopic (exact) mass is 297 g/mol. The van der Waals surface area contributed by atoms with Crippen molar-refractivity contribution in [3.8, 4) is 6.07 Å². The fraction of sp³-hybridized carbons (Fsp3) is 0.300. The number of aromatic amines is 1. The summed E-state index contributed by atoms with van der Waals surface area (Å²) in [5, 5.41) is 14.3. The Morgan fingerprint density at radius 1 is 1.63 bits per heavy atom. The van der Waals surface area contributed by atoms with E-state index in [4.69, 9.17) is 17.4 Å². The summed E-state index contributed by atoms with van der Waals surface area (Å²) in [7, 11) is -3.75. The lowest BCUT2D eigenvalue weighted by Crippen LogP contribution is -2.20. The van der Waals surface area contributed by atoms with E-state index in [1.165, 1.54) is 10.9 Å². The third-order valence-corrected chi connectivity index (χ3v) is 3.64. The normalized spacial score (nSPS) is 11.6. The molecule has 2 aromatic rings. The molecule has 2 aromatic heterocycles. The molecule has 9 heteroatoms. The Balaban J connectivity index is 2.96. The first kappa shape index (κ1) is 13.7. The van der Waals surface area contributed by atoms with Crippen LogP contribution in [0.25, 0.3) is 11.0 Å². The summed E-state index contributed by atoms with van der Waals surface area (Å²) in [6, 6.07) is 2.06. The summed E-state index contributed by atoms with van der Waals surface area (Å²) in [5.41, 5.74) is 1.85. The number of fused-ring (bicyclic) bond motifs is 1. The van der Waals surface area contributed by atoms with Crippen molar-refractivity contribution >= 4 is 33.3 Å². The highest BCUT2D eigenvalue weighted by molar-refractivity contribution is 7.88. The summed E-state index contributed by atoms with van der Waals surface area (Å²) >= 11 is 5.10. The topological polar surface area (TPSA) is 118 Å². The first-order chi connectivity index (χ1) is 8.89. The van der Waals surface area contributed by atoms with Gasteiger partial charge < -0.3 is 9.55 Å². The van der Waals surface area contributed by atoms with E-state index >= 15 is 0 Å². The third kappa shape index (κ3) is 2.37. The van der Waals surface area contributed by atoms with E-state index in [0.717, 1.165) is 0 Å². The Kier molecular flexibility index (Phi) is 3.40. The lowest BCUT2D eigenvalue weighted by molar-refractivity contribution is 0.585. The molecule has 19 heavy (non-hydrogen) atoms. The van der Waals surface area contributed by atoms with Crippen LogP contribution in [0.15, 0.2) is 6.33 Å². The first-order valence-electron chi connectivity index (χ1n) is 5.38. The van der Waals surface area contributed by atoms with Crippen molar-refractivity contribution in [2.24, 2.45) is 5.14 Å². The molecule has 7 nitrogen and oxygen atoms in total. The smallest absolute Gasteiger partial charge is 0.227 e. The highest BCUT2D eigenvalue weighted by Crippen LogP contribution is 2.25. The Morgan fingerprint density at radius 3 is 2.84 bits per heavy atom. The van der Waals surface area contributed by atoms with E-state index in [9.17, 15) is 13.7 Å². The van der Waals surface area contributed by atoms with Crippen molar-refractivity contribution in [1.82, 2.24) is 14.5 Å². The van der Waals surface area contributed by atoms with Crippen molar-refractivity contribution in [2.45, 2.75) is 19.2 Å². The summed E-state index contributed by atoms with van der Waals surface area (Å²) in [6.07, 6.45) is 1.86. The average Bonchev–Trinajstić information content (AvgIpc) is 2.61. The van der Waals surface area contributed by atoms with Gasteiger partial charge in [0, 0.05) is 5.69 Å². The quantitative estimate of drug-likeness (QED) is 0.811. The molecule has 0 atom stereocenters. The van der Waals surface area contributed by atoms with Crippen LogP contribution in [-0.4, -0.2) is 23.0 Å². The van der Waals surface area contributed by atoms with Gasteiger partial charge in [0.1, 0.15) is 17.5 Å². The Labute approximate surface area is 114 Å². The maximum Gasteiger partial charge on any atom is 0.227 e. The van der Waals surface area contributed by atoms with Gasteiger partial charge in [0.2, 0.25) is 10.0 Å². The van der Waals surface area contributed by atoms with Crippen LogP contribution in [0.4, 0.5) is 0 Å². The molecule has 0 radical (unpaired) electrons. The highest BCUT2D eigenvalue weighted by atomic mass is 32.2. The first-order valence-corrected chi connectivity index (χ1v) is 7.50. The summed E-state index contributed by atoms with van der Waals surface area (Å²) in [4.78, 5) is 6.75. The molecule has 0 aliphatic heterocycles. The fourth-order valence-electron chi connectivity index (χ4n) is 2.06. The number of sulfonamides is 1. The summed E-state index contributed by atoms with van der Waals surface area (Å²) in [5.74, 6) is -0.433. The van der Waals surface area contributed by atoms with Crippen LogP contribution >= 0.6 is 12.2 Å². The molecule has 0 amide bonds. The van der Waals surface area contributed by atoms with Crippen LogP contribution in [0.1, 0.15) is 18.2 Å². The van der Waals surface area contributed by atoms with Gasteiger partial charge in [-0.05, 0) is 6.42 Å². The molecule has 100 valence electrons. The van der Waals surface area contributed by atoms with Crippen LogP contribution in [0.5, 0.6) is 0 Å². The van der Waals surface area contributed by atoms with Crippen LogP contribution in [0.2, 0.25) is 0 Å². The lowest BCUT2D eigenvalue weighted by Gasteiger charge is -2.07. The zero-order chi connectivity index (χ0) is 14.2. The van der Waals surface area contributed by atoms with Crippen LogP contribution in [0, 0.1) is 16.0 Å². The molecule has 2 heterocycles. The second-order valence-electron chi connectivity index (χ2n) is 3.94. The number of hydrogen-bond acceptors (Lipinski definition) is 5. The van der Waals surface area contributed by atoms with Gasteiger partial charge >= 0.3 is 0 Å². The van der Waals surface area contributed by atoms with E-state index in [2.05, 4.69) is 16.0 Å². The Bertz CT molecular complexity index is 841. The van der Waals surface area contributed by atoms with Crippen molar-refractivity contribution in [3.05, 3.63) is 22.2 Å².